The van der Waals surface area contributed by atoms with Crippen LogP contribution in [0.1, 0.15) is 122 Å². The minimum absolute atomic E-state index is 0. The molecule has 1 atom stereocenters. The van der Waals surface area contributed by atoms with Crippen molar-refractivity contribution in [3.63, 3.8) is 0 Å². The van der Waals surface area contributed by atoms with Crippen molar-refractivity contribution in [2.24, 2.45) is 5.73 Å². The van der Waals surface area contributed by atoms with Crippen LogP contribution in [0.4, 0.5) is 5.69 Å². The highest BCUT2D eigenvalue weighted by molar-refractivity contribution is 5.87. The Labute approximate surface area is 243 Å². The van der Waals surface area contributed by atoms with Crippen LogP contribution in [-0.4, -0.2) is 37.0 Å². The van der Waals surface area contributed by atoms with Gasteiger partial charge in [-0.3, -0.25) is 9.59 Å². The molecule has 0 saturated carbocycles. The van der Waals surface area contributed by atoms with Crippen molar-refractivity contribution in [3.05, 3.63) is 30.3 Å². The Bertz CT molecular complexity index is 749. The predicted molar refractivity (Wildman–Crippen MR) is 163 cm³/mol. The fraction of sp³-hybridized carbons (Fsp3) is 0.710. The highest BCUT2D eigenvalue weighted by Crippen LogP contribution is 2.14. The molecule has 0 saturated heterocycles. The standard InChI is InChI=1S/C31H53N3O4.ClH/c1-2-3-4-5-6-7-8-9-10-11-12-13-14-15-16-20-25-38-31(37)28(23-24-29(32)35)34-30(36)26-33-27-21-18-17-19-22-27;/h17-19,21-22,28,33H,2-16,20,23-26H2,1H3,(H2,32,35)(H,34,36);1H/t28-;/m1./s1. The van der Waals surface area contributed by atoms with E-state index in [9.17, 15) is 14.4 Å². The van der Waals surface area contributed by atoms with Gasteiger partial charge in [-0.25, -0.2) is 4.79 Å². The van der Waals surface area contributed by atoms with Crippen LogP contribution in [-0.2, 0) is 19.1 Å². The number of anilines is 1. The largest absolute Gasteiger partial charge is 0.464 e. The maximum absolute atomic E-state index is 12.5. The Kier molecular flexibility index (Phi) is 24.5. The van der Waals surface area contributed by atoms with E-state index in [0.717, 1.165) is 24.9 Å². The van der Waals surface area contributed by atoms with Gasteiger partial charge in [0.2, 0.25) is 11.8 Å². The van der Waals surface area contributed by atoms with Gasteiger partial charge in [0.15, 0.2) is 0 Å². The first-order valence-electron chi connectivity index (χ1n) is 15.1. The lowest BCUT2D eigenvalue weighted by molar-refractivity contribution is -0.148. The summed E-state index contributed by atoms with van der Waals surface area (Å²) in [5, 5.41) is 5.67. The Balaban J connectivity index is 0.0000144. The van der Waals surface area contributed by atoms with Crippen molar-refractivity contribution in [1.82, 2.24) is 5.32 Å². The summed E-state index contributed by atoms with van der Waals surface area (Å²) in [5.74, 6) is -1.37. The minimum Gasteiger partial charge on any atom is -0.464 e. The second kappa shape index (κ2) is 26.0. The molecule has 0 radical (unpaired) electrons. The van der Waals surface area contributed by atoms with Gasteiger partial charge >= 0.3 is 5.97 Å². The number of benzene rings is 1. The quantitative estimate of drug-likeness (QED) is 0.0863. The lowest BCUT2D eigenvalue weighted by Crippen LogP contribution is -2.44. The number of ether oxygens (including phenoxy) is 1. The molecule has 0 aromatic heterocycles. The van der Waals surface area contributed by atoms with E-state index < -0.39 is 17.9 Å². The average Bonchev–Trinajstić information content (AvgIpc) is 2.92. The van der Waals surface area contributed by atoms with E-state index in [4.69, 9.17) is 10.5 Å². The molecule has 1 aromatic rings. The van der Waals surface area contributed by atoms with Crippen LogP contribution in [0.3, 0.4) is 0 Å². The molecule has 0 aliphatic carbocycles. The lowest BCUT2D eigenvalue weighted by Gasteiger charge is -2.17. The van der Waals surface area contributed by atoms with E-state index in [1.807, 2.05) is 30.3 Å². The number of rotatable bonds is 25. The number of hydrogen-bond donors (Lipinski definition) is 3. The van der Waals surface area contributed by atoms with Gasteiger partial charge in [0.25, 0.3) is 0 Å². The zero-order valence-electron chi connectivity index (χ0n) is 24.2. The molecule has 0 heterocycles. The van der Waals surface area contributed by atoms with Crippen molar-refractivity contribution >= 4 is 35.9 Å². The van der Waals surface area contributed by atoms with Crippen LogP contribution >= 0.6 is 12.4 Å². The Morgan fingerprint density at radius 1 is 0.769 bits per heavy atom. The van der Waals surface area contributed by atoms with Crippen molar-refractivity contribution in [3.8, 4) is 0 Å². The van der Waals surface area contributed by atoms with E-state index in [2.05, 4.69) is 17.6 Å². The Morgan fingerprint density at radius 3 is 1.74 bits per heavy atom. The number of halogens is 1. The molecular formula is C31H54ClN3O4. The molecule has 0 bridgehead atoms. The highest BCUT2D eigenvalue weighted by Gasteiger charge is 2.22. The van der Waals surface area contributed by atoms with Crippen LogP contribution < -0.4 is 16.4 Å². The summed E-state index contributed by atoms with van der Waals surface area (Å²) in [6.07, 6.45) is 20.7. The molecule has 0 aliphatic rings. The van der Waals surface area contributed by atoms with Gasteiger partial charge < -0.3 is 21.1 Å². The molecule has 2 amide bonds. The fourth-order valence-corrected chi connectivity index (χ4v) is 4.44. The zero-order valence-corrected chi connectivity index (χ0v) is 25.0. The van der Waals surface area contributed by atoms with Crippen molar-refractivity contribution < 1.29 is 19.1 Å². The predicted octanol–water partition coefficient (Wildman–Crippen LogP) is 7.08. The molecule has 39 heavy (non-hydrogen) atoms. The number of hydrogen-bond acceptors (Lipinski definition) is 5. The van der Waals surface area contributed by atoms with Gasteiger partial charge in [-0.1, -0.05) is 121 Å². The van der Waals surface area contributed by atoms with Crippen LogP contribution in [0.2, 0.25) is 0 Å². The summed E-state index contributed by atoms with van der Waals surface area (Å²) >= 11 is 0. The van der Waals surface area contributed by atoms with Gasteiger partial charge in [0.05, 0.1) is 13.2 Å². The van der Waals surface area contributed by atoms with E-state index in [-0.39, 0.29) is 37.7 Å². The number of nitrogens with two attached hydrogens (primary N) is 1. The molecule has 1 rings (SSSR count). The first-order chi connectivity index (χ1) is 18.5. The Morgan fingerprint density at radius 2 is 1.26 bits per heavy atom. The Hall–Kier alpha value is -2.28. The number of nitrogens with one attached hydrogen (secondary N) is 2. The number of amides is 2. The summed E-state index contributed by atoms with van der Waals surface area (Å²) < 4.78 is 5.39. The van der Waals surface area contributed by atoms with Gasteiger partial charge in [-0.2, -0.15) is 0 Å². The summed E-state index contributed by atoms with van der Waals surface area (Å²) in [5.41, 5.74) is 6.04. The highest BCUT2D eigenvalue weighted by atomic mass is 35.5. The second-order valence-corrected chi connectivity index (χ2v) is 10.3. The number of esters is 1. The molecule has 0 aliphatic heterocycles. The van der Waals surface area contributed by atoms with Gasteiger partial charge in [-0.05, 0) is 25.0 Å². The second-order valence-electron chi connectivity index (χ2n) is 10.3. The molecule has 8 heteroatoms. The fourth-order valence-electron chi connectivity index (χ4n) is 4.44. The average molecular weight is 568 g/mol. The van der Waals surface area contributed by atoms with Crippen LogP contribution in [0.5, 0.6) is 0 Å². The zero-order chi connectivity index (χ0) is 27.7. The molecule has 7 nitrogen and oxygen atoms in total. The van der Waals surface area contributed by atoms with Gasteiger partial charge in [0, 0.05) is 12.1 Å². The lowest BCUT2D eigenvalue weighted by atomic mass is 10.0. The van der Waals surface area contributed by atoms with Crippen molar-refractivity contribution in [1.29, 1.82) is 0 Å². The summed E-state index contributed by atoms with van der Waals surface area (Å²) in [6.45, 7) is 2.60. The first kappa shape index (κ1) is 36.7. The monoisotopic (exact) mass is 567 g/mol. The third-order valence-electron chi connectivity index (χ3n) is 6.77. The van der Waals surface area contributed by atoms with E-state index in [0.29, 0.717) is 6.61 Å². The van der Waals surface area contributed by atoms with Gasteiger partial charge in [-0.15, -0.1) is 12.4 Å². The number of unbranched alkanes of at least 4 members (excludes halogenated alkanes) is 15. The topological polar surface area (TPSA) is 111 Å². The first-order valence-corrected chi connectivity index (χ1v) is 15.1. The molecule has 0 fully saturated rings. The summed E-state index contributed by atoms with van der Waals surface area (Å²) in [4.78, 5) is 36.0. The summed E-state index contributed by atoms with van der Waals surface area (Å²) in [7, 11) is 0. The molecule has 0 unspecified atom stereocenters. The normalized spacial score (nSPS) is 11.3. The van der Waals surface area contributed by atoms with Crippen molar-refractivity contribution in [2.75, 3.05) is 18.5 Å². The van der Waals surface area contributed by atoms with Gasteiger partial charge in [0.1, 0.15) is 6.04 Å². The summed E-state index contributed by atoms with van der Waals surface area (Å²) in [6, 6.07) is 8.45. The minimum atomic E-state index is -0.881. The number of primary amides is 1. The SMILES string of the molecule is CCCCCCCCCCCCCCCCCCOC(=O)[C@@H](CCC(N)=O)NC(=O)CNc1ccccc1.Cl. The number of carbonyl (C=O) groups excluding carboxylic acids is 3. The van der Waals surface area contributed by atoms with E-state index >= 15 is 0 Å². The smallest absolute Gasteiger partial charge is 0.328 e. The maximum atomic E-state index is 12.5. The number of carbonyl (C=O) groups is 3. The van der Waals surface area contributed by atoms with Crippen LogP contribution in [0.25, 0.3) is 0 Å². The molecule has 1 aromatic carbocycles. The molecule has 224 valence electrons. The molecular weight excluding hydrogens is 514 g/mol. The van der Waals surface area contributed by atoms with E-state index in [1.54, 1.807) is 0 Å². The van der Waals surface area contributed by atoms with Crippen molar-refractivity contribution in [2.45, 2.75) is 129 Å². The third kappa shape index (κ3) is 22.3. The maximum Gasteiger partial charge on any atom is 0.328 e. The van der Waals surface area contributed by atoms with Crippen LogP contribution in [0.15, 0.2) is 30.3 Å². The van der Waals surface area contributed by atoms with Crippen LogP contribution in [0, 0.1) is 0 Å². The molecule has 4 N–H and O–H groups in total. The number of para-hydroxylation sites is 1. The third-order valence-corrected chi connectivity index (χ3v) is 6.77. The van der Waals surface area contributed by atoms with E-state index in [1.165, 1.54) is 83.5 Å². The molecule has 0 spiro atoms.